The first kappa shape index (κ1) is 26.6. The first-order chi connectivity index (χ1) is 18.9. The van der Waals surface area contributed by atoms with E-state index in [1.54, 1.807) is 21.6 Å². The van der Waals surface area contributed by atoms with Gasteiger partial charge in [-0.2, -0.15) is 0 Å². The van der Waals surface area contributed by atoms with Crippen molar-refractivity contribution in [3.8, 4) is 0 Å². The van der Waals surface area contributed by atoms with Crippen molar-refractivity contribution in [2.75, 3.05) is 31.1 Å². The van der Waals surface area contributed by atoms with Gasteiger partial charge in [-0.3, -0.25) is 14.4 Å². The number of nitrogens with zero attached hydrogens (tertiary/aromatic N) is 3. The van der Waals surface area contributed by atoms with Crippen molar-refractivity contribution < 1.29 is 19.5 Å². The Bertz CT molecular complexity index is 1180. The quantitative estimate of drug-likeness (QED) is 0.432. The lowest BCUT2D eigenvalue weighted by Crippen LogP contribution is -2.55. The number of aliphatic hydroxyl groups is 1. The van der Waals surface area contributed by atoms with Crippen molar-refractivity contribution in [3.63, 3.8) is 0 Å². The van der Waals surface area contributed by atoms with Crippen LogP contribution in [0.2, 0.25) is 0 Å². The molecule has 0 bridgehead atoms. The van der Waals surface area contributed by atoms with E-state index < -0.39 is 27.4 Å². The molecule has 39 heavy (non-hydrogen) atoms. The Labute approximate surface area is 235 Å². The zero-order chi connectivity index (χ0) is 27.2. The lowest BCUT2D eigenvalue weighted by molar-refractivity contribution is -0.144. The number of hydrogen-bond donors (Lipinski definition) is 1. The van der Waals surface area contributed by atoms with E-state index in [9.17, 15) is 19.5 Å². The van der Waals surface area contributed by atoms with Crippen LogP contribution in [-0.4, -0.2) is 80.4 Å². The van der Waals surface area contributed by atoms with Crippen LogP contribution in [-0.2, 0) is 14.4 Å². The molecule has 208 valence electrons. The molecule has 1 aromatic carbocycles. The highest BCUT2D eigenvalue weighted by Gasteiger charge is 2.74. The van der Waals surface area contributed by atoms with Gasteiger partial charge in [0.05, 0.1) is 16.6 Å². The van der Waals surface area contributed by atoms with E-state index in [0.29, 0.717) is 32.5 Å². The van der Waals surface area contributed by atoms with Gasteiger partial charge in [0.25, 0.3) is 0 Å². The summed E-state index contributed by atoms with van der Waals surface area (Å²) in [6, 6.07) is 9.20. The van der Waals surface area contributed by atoms with Gasteiger partial charge in [-0.25, -0.2) is 0 Å². The molecule has 4 aliphatic heterocycles. The molecule has 1 spiro atoms. The number of hydrogen-bond acceptors (Lipinski definition) is 5. The first-order valence-corrected chi connectivity index (χ1v) is 15.4. The summed E-state index contributed by atoms with van der Waals surface area (Å²) in [7, 11) is 0. The Morgan fingerprint density at radius 3 is 2.38 bits per heavy atom. The number of likely N-dealkylation sites (tertiary alicyclic amines) is 1. The van der Waals surface area contributed by atoms with Crippen LogP contribution < -0.4 is 4.90 Å². The van der Waals surface area contributed by atoms with E-state index in [0.717, 1.165) is 31.4 Å². The number of amides is 3. The average molecular weight is 550 g/mol. The topological polar surface area (TPSA) is 81.2 Å². The minimum Gasteiger partial charge on any atom is -0.396 e. The van der Waals surface area contributed by atoms with Crippen LogP contribution in [0.5, 0.6) is 0 Å². The Morgan fingerprint density at radius 1 is 0.897 bits per heavy atom. The van der Waals surface area contributed by atoms with Gasteiger partial charge in [0.2, 0.25) is 17.7 Å². The molecule has 3 amide bonds. The molecule has 3 fully saturated rings. The number of carbonyl (C=O) groups excluding carboxylic acids is 3. The van der Waals surface area contributed by atoms with E-state index in [1.165, 1.54) is 6.42 Å². The van der Waals surface area contributed by atoms with Gasteiger partial charge >= 0.3 is 0 Å². The second-order valence-corrected chi connectivity index (χ2v) is 13.6. The third-order valence-corrected chi connectivity index (χ3v) is 11.3. The van der Waals surface area contributed by atoms with Crippen LogP contribution in [0.1, 0.15) is 51.9 Å². The predicted octanol–water partition coefficient (Wildman–Crippen LogP) is 3.78. The Balaban J connectivity index is 1.43. The molecule has 1 aliphatic carbocycles. The van der Waals surface area contributed by atoms with Crippen molar-refractivity contribution in [2.45, 2.75) is 73.4 Å². The number of rotatable bonds is 6. The zero-order valence-electron chi connectivity index (χ0n) is 22.7. The van der Waals surface area contributed by atoms with Crippen LogP contribution >= 0.6 is 11.8 Å². The van der Waals surface area contributed by atoms with Crippen LogP contribution in [0.4, 0.5) is 5.69 Å². The van der Waals surface area contributed by atoms with Gasteiger partial charge < -0.3 is 19.8 Å². The number of fused-ring (bicyclic) bond motifs is 2. The SMILES string of the molecule is C[C@@]12C=CCN(c3ccccc3)C(=O)[C@@H]1[C@H]1C(=O)N(CCCCO)C3C(=O)N(C4CCCCC4)CC=C[C@@]31S2. The third kappa shape index (κ3) is 4.26. The highest BCUT2D eigenvalue weighted by atomic mass is 32.2. The molecule has 8 heteroatoms. The van der Waals surface area contributed by atoms with Gasteiger partial charge in [0.15, 0.2) is 0 Å². The summed E-state index contributed by atoms with van der Waals surface area (Å²) in [5, 5.41) is 9.45. The lowest BCUT2D eigenvalue weighted by atomic mass is 9.74. The maximum absolute atomic E-state index is 14.5. The monoisotopic (exact) mass is 549 g/mol. The van der Waals surface area contributed by atoms with Crippen LogP contribution in [0, 0.1) is 11.8 Å². The number of thioether (sulfide) groups is 1. The molecule has 2 saturated heterocycles. The Hall–Kier alpha value is -2.58. The molecule has 1 saturated carbocycles. The largest absolute Gasteiger partial charge is 0.396 e. The normalized spacial score (nSPS) is 34.7. The minimum absolute atomic E-state index is 0.0238. The van der Waals surface area contributed by atoms with Crippen molar-refractivity contribution in [3.05, 3.63) is 54.6 Å². The number of unbranched alkanes of at least 4 members (excludes halogenated alkanes) is 1. The predicted molar refractivity (Wildman–Crippen MR) is 153 cm³/mol. The fraction of sp³-hybridized carbons (Fsp3) is 0.581. The molecular formula is C31H39N3O4S. The van der Waals surface area contributed by atoms with Gasteiger partial charge in [0, 0.05) is 42.7 Å². The van der Waals surface area contributed by atoms with E-state index in [2.05, 4.69) is 25.2 Å². The van der Waals surface area contributed by atoms with Crippen molar-refractivity contribution in [2.24, 2.45) is 11.8 Å². The summed E-state index contributed by atoms with van der Waals surface area (Å²) in [6.07, 6.45) is 15.0. The second kappa shape index (κ2) is 10.4. The summed E-state index contributed by atoms with van der Waals surface area (Å²) in [6.45, 7) is 3.54. The van der Waals surface area contributed by atoms with E-state index >= 15 is 0 Å². The lowest BCUT2D eigenvalue weighted by Gasteiger charge is -2.40. The number of anilines is 1. The van der Waals surface area contributed by atoms with Crippen LogP contribution in [0.25, 0.3) is 0 Å². The number of carbonyl (C=O) groups is 3. The van der Waals surface area contributed by atoms with Crippen LogP contribution in [0.15, 0.2) is 54.6 Å². The summed E-state index contributed by atoms with van der Waals surface area (Å²) in [4.78, 5) is 48.9. The van der Waals surface area contributed by atoms with E-state index in [1.807, 2.05) is 41.3 Å². The number of benzene rings is 1. The molecule has 0 aromatic heterocycles. The molecule has 1 unspecified atom stereocenters. The maximum atomic E-state index is 14.5. The Kier molecular flexibility index (Phi) is 7.12. The molecule has 0 radical (unpaired) electrons. The van der Waals surface area contributed by atoms with Crippen molar-refractivity contribution >= 4 is 35.2 Å². The van der Waals surface area contributed by atoms with Crippen molar-refractivity contribution in [1.29, 1.82) is 0 Å². The minimum atomic E-state index is -0.810. The first-order valence-electron chi connectivity index (χ1n) is 14.5. The molecule has 4 heterocycles. The fourth-order valence-electron chi connectivity index (χ4n) is 7.73. The molecule has 1 N–H and O–H groups in total. The molecular weight excluding hydrogens is 510 g/mol. The summed E-state index contributed by atoms with van der Waals surface area (Å²) < 4.78 is -1.42. The number of aliphatic hydroxyl groups excluding tert-OH is 1. The fourth-order valence-corrected chi connectivity index (χ4v) is 9.89. The highest BCUT2D eigenvalue weighted by molar-refractivity contribution is 8.02. The Morgan fingerprint density at radius 2 is 1.64 bits per heavy atom. The molecule has 6 rings (SSSR count). The summed E-state index contributed by atoms with van der Waals surface area (Å²) in [5.74, 6) is -1.34. The zero-order valence-corrected chi connectivity index (χ0v) is 23.5. The molecule has 5 aliphatic rings. The second-order valence-electron chi connectivity index (χ2n) is 11.8. The number of para-hydroxylation sites is 1. The molecule has 7 nitrogen and oxygen atoms in total. The third-order valence-electron chi connectivity index (χ3n) is 9.48. The van der Waals surface area contributed by atoms with Gasteiger partial charge in [-0.15, -0.1) is 11.8 Å². The summed E-state index contributed by atoms with van der Waals surface area (Å²) in [5.41, 5.74) is 0.820. The molecule has 5 atom stereocenters. The van der Waals surface area contributed by atoms with Gasteiger partial charge in [-0.1, -0.05) is 61.8 Å². The summed E-state index contributed by atoms with van der Waals surface area (Å²) >= 11 is 1.65. The van der Waals surface area contributed by atoms with E-state index in [-0.39, 0.29) is 30.4 Å². The van der Waals surface area contributed by atoms with Crippen LogP contribution in [0.3, 0.4) is 0 Å². The standard InChI is InChI=1S/C31H39N3O4S/c1-30-16-10-19-32(22-12-4-2-5-13-22)27(36)24(30)25-28(37)34(18-8-9-21-35)26-29(38)33(23-14-6-3-7-15-23)20-11-17-31(25,26)39-30/h2,4-5,10-13,16-17,23-26,35H,3,6-9,14-15,18-21H2,1H3/t24-,25-,26?,30+,31-/m0/s1. The molecule has 1 aromatic rings. The smallest absolute Gasteiger partial charge is 0.247 e. The maximum Gasteiger partial charge on any atom is 0.247 e. The highest BCUT2D eigenvalue weighted by Crippen LogP contribution is 2.65. The van der Waals surface area contributed by atoms with Gasteiger partial charge in [-0.05, 0) is 44.7 Å². The van der Waals surface area contributed by atoms with E-state index in [4.69, 9.17) is 0 Å². The van der Waals surface area contributed by atoms with Gasteiger partial charge in [0.1, 0.15) is 6.04 Å². The van der Waals surface area contributed by atoms with Crippen molar-refractivity contribution in [1.82, 2.24) is 9.80 Å². The average Bonchev–Trinajstić information content (AvgIpc) is 3.20.